The molecule has 2 heterocycles. The molecule has 1 atom stereocenters. The number of sulfonamides is 1. The summed E-state index contributed by atoms with van der Waals surface area (Å²) in [5, 5.41) is 0. The van der Waals surface area contributed by atoms with E-state index in [0.717, 1.165) is 18.4 Å². The van der Waals surface area contributed by atoms with Crippen LogP contribution in [0.25, 0.3) is 0 Å². The van der Waals surface area contributed by atoms with E-state index in [1.54, 1.807) is 48.8 Å². The van der Waals surface area contributed by atoms with E-state index in [4.69, 9.17) is 0 Å². The normalized spacial score (nSPS) is 16.4. The third kappa shape index (κ3) is 3.80. The molecular weight excluding hydrogens is 398 g/mol. The van der Waals surface area contributed by atoms with Crippen LogP contribution in [0.4, 0.5) is 5.69 Å². The van der Waals surface area contributed by atoms with Gasteiger partial charge in [0.15, 0.2) is 0 Å². The van der Waals surface area contributed by atoms with Crippen LogP contribution in [0.3, 0.4) is 0 Å². The van der Waals surface area contributed by atoms with Gasteiger partial charge < -0.3 is 4.90 Å². The Bertz CT molecular complexity index is 1120. The van der Waals surface area contributed by atoms with Crippen molar-refractivity contribution in [2.75, 3.05) is 17.9 Å². The molecule has 0 bridgehead atoms. The number of pyridine rings is 1. The Morgan fingerprint density at radius 2 is 1.77 bits per heavy atom. The van der Waals surface area contributed by atoms with Crippen LogP contribution in [0, 0.1) is 0 Å². The average molecular weight is 422 g/mol. The van der Waals surface area contributed by atoms with Crippen LogP contribution in [0.15, 0.2) is 84.0 Å². The Morgan fingerprint density at radius 3 is 2.43 bits per heavy atom. The van der Waals surface area contributed by atoms with Crippen molar-refractivity contribution in [1.82, 2.24) is 9.88 Å². The van der Waals surface area contributed by atoms with Crippen LogP contribution in [0.1, 0.15) is 34.8 Å². The lowest BCUT2D eigenvalue weighted by Crippen LogP contribution is -2.30. The van der Waals surface area contributed by atoms with E-state index in [1.807, 2.05) is 23.1 Å². The second-order valence-electron chi connectivity index (χ2n) is 7.28. The minimum absolute atomic E-state index is 0.00109. The van der Waals surface area contributed by atoms with Crippen molar-refractivity contribution in [2.24, 2.45) is 0 Å². The molecule has 1 aliphatic heterocycles. The van der Waals surface area contributed by atoms with Crippen molar-refractivity contribution in [3.05, 3.63) is 90.3 Å². The molecule has 1 aliphatic rings. The zero-order chi connectivity index (χ0) is 21.1. The van der Waals surface area contributed by atoms with Crippen LogP contribution < -0.4 is 4.31 Å². The van der Waals surface area contributed by atoms with E-state index in [-0.39, 0.29) is 16.8 Å². The minimum Gasteiger partial charge on any atom is -0.332 e. The summed E-state index contributed by atoms with van der Waals surface area (Å²) in [6, 6.07) is 18.9. The second kappa shape index (κ2) is 8.28. The van der Waals surface area contributed by atoms with E-state index in [0.29, 0.717) is 17.8 Å². The van der Waals surface area contributed by atoms with E-state index in [2.05, 4.69) is 4.98 Å². The maximum absolute atomic E-state index is 13.1. The van der Waals surface area contributed by atoms with Gasteiger partial charge in [0.2, 0.25) is 0 Å². The summed E-state index contributed by atoms with van der Waals surface area (Å²) in [5.41, 5.74) is 2.08. The van der Waals surface area contributed by atoms with E-state index < -0.39 is 10.0 Å². The molecule has 7 heteroatoms. The molecule has 1 aromatic heterocycles. The summed E-state index contributed by atoms with van der Waals surface area (Å²) in [6.45, 7) is 0.676. The van der Waals surface area contributed by atoms with Crippen LogP contribution in [-0.4, -0.2) is 37.8 Å². The smallest absolute Gasteiger partial charge is 0.264 e. The van der Waals surface area contributed by atoms with Gasteiger partial charge in [-0.1, -0.05) is 24.3 Å². The summed E-state index contributed by atoms with van der Waals surface area (Å²) in [4.78, 5) is 19.3. The molecule has 0 aliphatic carbocycles. The summed E-state index contributed by atoms with van der Waals surface area (Å²) in [6.07, 6.45) is 5.34. The zero-order valence-electron chi connectivity index (χ0n) is 16.7. The molecule has 1 saturated heterocycles. The fourth-order valence-electron chi connectivity index (χ4n) is 3.80. The number of para-hydroxylation sites is 1. The molecule has 1 fully saturated rings. The molecule has 154 valence electrons. The average Bonchev–Trinajstić information content (AvgIpc) is 3.29. The number of hydrogen-bond donors (Lipinski definition) is 0. The van der Waals surface area contributed by atoms with Gasteiger partial charge in [0.1, 0.15) is 0 Å². The van der Waals surface area contributed by atoms with Gasteiger partial charge in [-0.3, -0.25) is 14.1 Å². The number of carbonyl (C=O) groups excluding carboxylic acids is 1. The predicted molar refractivity (Wildman–Crippen MR) is 116 cm³/mol. The number of carbonyl (C=O) groups is 1. The Labute approximate surface area is 176 Å². The van der Waals surface area contributed by atoms with Crippen LogP contribution in [-0.2, 0) is 10.0 Å². The molecule has 0 saturated carbocycles. The van der Waals surface area contributed by atoms with Crippen molar-refractivity contribution in [3.63, 3.8) is 0 Å². The molecule has 30 heavy (non-hydrogen) atoms. The van der Waals surface area contributed by atoms with Crippen LogP contribution >= 0.6 is 0 Å². The fourth-order valence-corrected chi connectivity index (χ4v) is 5.00. The highest BCUT2D eigenvalue weighted by Crippen LogP contribution is 2.33. The van der Waals surface area contributed by atoms with E-state index >= 15 is 0 Å². The first kappa shape index (κ1) is 20.1. The number of benzene rings is 2. The van der Waals surface area contributed by atoms with Crippen LogP contribution in [0.5, 0.6) is 0 Å². The van der Waals surface area contributed by atoms with E-state index in [1.165, 1.54) is 23.5 Å². The lowest BCUT2D eigenvalue weighted by atomic mass is 10.1. The summed E-state index contributed by atoms with van der Waals surface area (Å²) >= 11 is 0. The first-order valence-corrected chi connectivity index (χ1v) is 11.3. The molecule has 2 aromatic carbocycles. The van der Waals surface area contributed by atoms with Gasteiger partial charge in [0.05, 0.1) is 16.6 Å². The standard InChI is InChI=1S/C23H23N3O3S/c1-25(20-8-3-2-4-9-20)30(28,29)21-13-11-18(12-14-21)23(27)26-16-6-10-22(26)19-7-5-15-24-17-19/h2-5,7-9,11-15,17,22H,6,10,16H2,1H3. The minimum atomic E-state index is -3.71. The second-order valence-corrected chi connectivity index (χ2v) is 9.24. The maximum Gasteiger partial charge on any atom is 0.264 e. The van der Waals surface area contributed by atoms with Gasteiger partial charge in [0.25, 0.3) is 15.9 Å². The van der Waals surface area contributed by atoms with Crippen molar-refractivity contribution in [2.45, 2.75) is 23.8 Å². The first-order valence-electron chi connectivity index (χ1n) is 9.83. The predicted octanol–water partition coefficient (Wildman–Crippen LogP) is 3.88. The number of hydrogen-bond acceptors (Lipinski definition) is 4. The number of aromatic nitrogens is 1. The number of nitrogens with zero attached hydrogens (tertiary/aromatic N) is 3. The highest BCUT2D eigenvalue weighted by atomic mass is 32.2. The first-order chi connectivity index (χ1) is 14.5. The summed E-state index contributed by atoms with van der Waals surface area (Å²) in [7, 11) is -2.19. The molecule has 4 rings (SSSR count). The molecule has 0 N–H and O–H groups in total. The SMILES string of the molecule is CN(c1ccccc1)S(=O)(=O)c1ccc(C(=O)N2CCCC2c2cccnc2)cc1. The Hall–Kier alpha value is -3.19. The molecule has 3 aromatic rings. The molecule has 0 radical (unpaired) electrons. The van der Waals surface area contributed by atoms with Gasteiger partial charge in [-0.25, -0.2) is 8.42 Å². The Morgan fingerprint density at radius 1 is 1.03 bits per heavy atom. The van der Waals surface area contributed by atoms with Crippen LogP contribution in [0.2, 0.25) is 0 Å². The largest absolute Gasteiger partial charge is 0.332 e. The highest BCUT2D eigenvalue weighted by molar-refractivity contribution is 7.92. The third-order valence-corrected chi connectivity index (χ3v) is 7.26. The highest BCUT2D eigenvalue weighted by Gasteiger charge is 2.31. The van der Waals surface area contributed by atoms with Gasteiger partial charge in [-0.2, -0.15) is 0 Å². The quantitative estimate of drug-likeness (QED) is 0.627. The topological polar surface area (TPSA) is 70.6 Å². The molecular formula is C23H23N3O3S. The van der Waals surface area contributed by atoms with Gasteiger partial charge >= 0.3 is 0 Å². The number of rotatable bonds is 5. The van der Waals surface area contributed by atoms with Crippen molar-refractivity contribution >= 4 is 21.6 Å². The lowest BCUT2D eigenvalue weighted by molar-refractivity contribution is 0.0735. The molecule has 1 unspecified atom stereocenters. The number of amides is 1. The van der Waals surface area contributed by atoms with Crippen molar-refractivity contribution in [3.8, 4) is 0 Å². The van der Waals surface area contributed by atoms with E-state index in [9.17, 15) is 13.2 Å². The Kier molecular flexibility index (Phi) is 5.55. The monoisotopic (exact) mass is 421 g/mol. The Balaban J connectivity index is 1.55. The number of likely N-dealkylation sites (tertiary alicyclic amines) is 1. The number of anilines is 1. The zero-order valence-corrected chi connectivity index (χ0v) is 17.5. The molecule has 6 nitrogen and oxygen atoms in total. The summed E-state index contributed by atoms with van der Waals surface area (Å²) < 4.78 is 27.1. The van der Waals surface area contributed by atoms with Gasteiger partial charge in [-0.05, 0) is 60.9 Å². The third-order valence-electron chi connectivity index (χ3n) is 5.46. The fraction of sp³-hybridized carbons (Fsp3) is 0.217. The van der Waals surface area contributed by atoms with Crippen molar-refractivity contribution < 1.29 is 13.2 Å². The summed E-state index contributed by atoms with van der Waals surface area (Å²) in [5.74, 6) is -0.0956. The maximum atomic E-state index is 13.1. The molecule has 0 spiro atoms. The van der Waals surface area contributed by atoms with Crippen molar-refractivity contribution in [1.29, 1.82) is 0 Å². The van der Waals surface area contributed by atoms with Gasteiger partial charge in [0, 0.05) is 31.5 Å². The van der Waals surface area contributed by atoms with Gasteiger partial charge in [-0.15, -0.1) is 0 Å². The molecule has 1 amide bonds. The lowest BCUT2D eigenvalue weighted by Gasteiger charge is -2.25.